The molecule has 0 saturated carbocycles. The van der Waals surface area contributed by atoms with Crippen LogP contribution in [0.3, 0.4) is 0 Å². The van der Waals surface area contributed by atoms with E-state index in [4.69, 9.17) is 0 Å². The second-order valence-electron chi connectivity index (χ2n) is 5.01. The summed E-state index contributed by atoms with van der Waals surface area (Å²) in [6, 6.07) is 5.11. The van der Waals surface area contributed by atoms with Crippen LogP contribution in [0.25, 0.3) is 0 Å². The molecule has 0 unspecified atom stereocenters. The predicted molar refractivity (Wildman–Crippen MR) is 80.6 cm³/mol. The van der Waals surface area contributed by atoms with Gasteiger partial charge in [-0.2, -0.15) is 4.39 Å². The second kappa shape index (κ2) is 8.02. The first-order valence-corrected chi connectivity index (χ1v) is 7.31. The Morgan fingerprint density at radius 3 is 2.65 bits per heavy atom. The van der Waals surface area contributed by atoms with Crippen molar-refractivity contribution in [1.82, 2.24) is 14.9 Å². The molecule has 2 heterocycles. The van der Waals surface area contributed by atoms with Crippen LogP contribution in [-0.2, 0) is 6.54 Å². The summed E-state index contributed by atoms with van der Waals surface area (Å²) in [6.45, 7) is 1.25. The fraction of sp³-hybridized carbons (Fsp3) is 0.333. The number of aromatic amines is 1. The van der Waals surface area contributed by atoms with E-state index in [1.165, 1.54) is 0 Å². The van der Waals surface area contributed by atoms with E-state index in [-0.39, 0.29) is 0 Å². The Hall–Kier alpha value is -2.77. The van der Waals surface area contributed by atoms with Gasteiger partial charge in [0.15, 0.2) is 12.4 Å². The molecule has 0 fully saturated rings. The number of amides is 1. The molecular formula is C15H18FN4O3+. The van der Waals surface area contributed by atoms with E-state index in [0.29, 0.717) is 17.3 Å². The molecule has 1 amide bonds. The highest BCUT2D eigenvalue weighted by Gasteiger charge is 2.10. The molecular weight excluding hydrogens is 303 g/mol. The van der Waals surface area contributed by atoms with Gasteiger partial charge in [0.1, 0.15) is 6.54 Å². The maximum absolute atomic E-state index is 13.1. The lowest BCUT2D eigenvalue weighted by Crippen LogP contribution is -2.41. The van der Waals surface area contributed by atoms with Gasteiger partial charge in [-0.3, -0.25) is 9.78 Å². The molecule has 2 aromatic rings. The van der Waals surface area contributed by atoms with Gasteiger partial charge in [0.05, 0.1) is 6.20 Å². The van der Waals surface area contributed by atoms with Crippen LogP contribution in [0.15, 0.2) is 46.4 Å². The largest absolute Gasteiger partial charge is 0.337 e. The van der Waals surface area contributed by atoms with Crippen molar-refractivity contribution in [2.45, 2.75) is 25.8 Å². The molecule has 0 aliphatic carbocycles. The number of H-pyrrole nitrogens is 1. The van der Waals surface area contributed by atoms with E-state index in [9.17, 15) is 18.8 Å². The lowest BCUT2D eigenvalue weighted by atomic mass is 10.2. The monoisotopic (exact) mass is 321 g/mol. The minimum absolute atomic E-state index is 0.367. The molecule has 23 heavy (non-hydrogen) atoms. The average molecular weight is 321 g/mol. The minimum Gasteiger partial charge on any atom is -0.337 e. The normalized spacial score (nSPS) is 10.5. The zero-order chi connectivity index (χ0) is 16.7. The van der Waals surface area contributed by atoms with Gasteiger partial charge in [-0.05, 0) is 12.8 Å². The van der Waals surface area contributed by atoms with E-state index in [1.807, 2.05) is 30.6 Å². The number of nitrogens with one attached hydrogen (secondary N) is 2. The Morgan fingerprint density at radius 1 is 1.17 bits per heavy atom. The number of rotatable bonds is 6. The number of halogens is 1. The van der Waals surface area contributed by atoms with Gasteiger partial charge in [-0.25, -0.2) is 18.7 Å². The van der Waals surface area contributed by atoms with Gasteiger partial charge in [-0.1, -0.05) is 6.07 Å². The van der Waals surface area contributed by atoms with Crippen molar-refractivity contribution in [2.24, 2.45) is 0 Å². The van der Waals surface area contributed by atoms with Crippen LogP contribution in [0.2, 0.25) is 0 Å². The van der Waals surface area contributed by atoms with Crippen LogP contribution in [0.5, 0.6) is 0 Å². The number of aromatic nitrogens is 3. The third kappa shape index (κ3) is 4.87. The number of nitrogens with zero attached hydrogens (tertiary/aromatic N) is 2. The molecule has 0 bridgehead atoms. The standard InChI is InChI=1S/C15H17FN4O3/c16-12-11-20(15(23)18-13(12)21)14(22)17-7-3-1-4-8-19-9-5-2-6-10-19/h2,5-6,9-11H,1,3-4,7-8H2,(H-,17,18,21,22,23)/p+1. The minimum atomic E-state index is -1.18. The van der Waals surface area contributed by atoms with E-state index in [2.05, 4.69) is 9.88 Å². The third-order valence-electron chi connectivity index (χ3n) is 3.26. The number of carbonyl (C=O) groups is 1. The Kier molecular flexibility index (Phi) is 5.79. The van der Waals surface area contributed by atoms with Crippen LogP contribution < -0.4 is 21.1 Å². The summed E-state index contributed by atoms with van der Waals surface area (Å²) in [5.41, 5.74) is -2.10. The molecule has 0 aromatic carbocycles. The van der Waals surface area contributed by atoms with Crippen molar-refractivity contribution in [3.05, 3.63) is 63.4 Å². The summed E-state index contributed by atoms with van der Waals surface area (Å²) in [5.74, 6) is -1.18. The summed E-state index contributed by atoms with van der Waals surface area (Å²) in [7, 11) is 0. The summed E-state index contributed by atoms with van der Waals surface area (Å²) >= 11 is 0. The molecule has 2 N–H and O–H groups in total. The third-order valence-corrected chi connectivity index (χ3v) is 3.26. The fourth-order valence-electron chi connectivity index (χ4n) is 2.06. The van der Waals surface area contributed by atoms with Gasteiger partial charge in [0.25, 0.3) is 5.56 Å². The maximum Gasteiger partial charge on any atom is 0.336 e. The molecule has 2 rings (SSSR count). The van der Waals surface area contributed by atoms with Crippen LogP contribution in [-0.4, -0.2) is 22.1 Å². The number of pyridine rings is 1. The first-order valence-electron chi connectivity index (χ1n) is 7.31. The van der Waals surface area contributed by atoms with Crippen molar-refractivity contribution in [3.63, 3.8) is 0 Å². The van der Waals surface area contributed by atoms with Crippen molar-refractivity contribution in [2.75, 3.05) is 6.54 Å². The smallest absolute Gasteiger partial charge is 0.336 e. The summed E-state index contributed by atoms with van der Waals surface area (Å²) in [6.07, 6.45) is 7.15. The Balaban J connectivity index is 1.72. The van der Waals surface area contributed by atoms with E-state index >= 15 is 0 Å². The molecule has 0 radical (unpaired) electrons. The lowest BCUT2D eigenvalue weighted by Gasteiger charge is -2.06. The van der Waals surface area contributed by atoms with Crippen LogP contribution in [0, 0.1) is 5.82 Å². The highest BCUT2D eigenvalue weighted by Crippen LogP contribution is 1.94. The highest BCUT2D eigenvalue weighted by molar-refractivity contribution is 5.76. The molecule has 8 heteroatoms. The average Bonchev–Trinajstić information content (AvgIpc) is 2.55. The first kappa shape index (κ1) is 16.6. The summed E-state index contributed by atoms with van der Waals surface area (Å²) in [5, 5.41) is 2.51. The number of unbranched alkanes of at least 4 members (excludes halogenated alkanes) is 2. The van der Waals surface area contributed by atoms with Gasteiger partial charge >= 0.3 is 11.7 Å². The van der Waals surface area contributed by atoms with Gasteiger partial charge in [0, 0.05) is 25.1 Å². The predicted octanol–water partition coefficient (Wildman–Crippen LogP) is 0.391. The SMILES string of the molecule is O=C(NCCCCC[n+]1ccccc1)n1cc(F)c(=O)[nH]c1=O. The van der Waals surface area contributed by atoms with Crippen LogP contribution in [0.1, 0.15) is 19.3 Å². The Labute approximate surface area is 131 Å². The fourth-order valence-corrected chi connectivity index (χ4v) is 2.06. The number of carbonyl (C=O) groups excluding carboxylic acids is 1. The first-order chi connectivity index (χ1) is 11.1. The molecule has 0 spiro atoms. The topological polar surface area (TPSA) is 87.8 Å². The summed E-state index contributed by atoms with van der Waals surface area (Å²) < 4.78 is 15.7. The number of aryl methyl sites for hydroxylation is 1. The van der Waals surface area contributed by atoms with Crippen LogP contribution in [0.4, 0.5) is 9.18 Å². The van der Waals surface area contributed by atoms with Crippen molar-refractivity contribution in [1.29, 1.82) is 0 Å². The summed E-state index contributed by atoms with van der Waals surface area (Å²) in [4.78, 5) is 35.8. The second-order valence-corrected chi connectivity index (χ2v) is 5.01. The maximum atomic E-state index is 13.1. The molecule has 0 aliphatic rings. The van der Waals surface area contributed by atoms with Gasteiger partial charge in [-0.15, -0.1) is 0 Å². The lowest BCUT2D eigenvalue weighted by molar-refractivity contribution is -0.697. The van der Waals surface area contributed by atoms with E-state index in [1.54, 1.807) is 4.98 Å². The molecule has 122 valence electrons. The van der Waals surface area contributed by atoms with Gasteiger partial charge < -0.3 is 5.32 Å². The number of hydrogen-bond donors (Lipinski definition) is 2. The zero-order valence-corrected chi connectivity index (χ0v) is 12.5. The molecule has 0 atom stereocenters. The quantitative estimate of drug-likeness (QED) is 0.596. The zero-order valence-electron chi connectivity index (χ0n) is 12.5. The van der Waals surface area contributed by atoms with Crippen molar-refractivity contribution in [3.8, 4) is 0 Å². The van der Waals surface area contributed by atoms with E-state index in [0.717, 1.165) is 25.8 Å². The Bertz CT molecular complexity index is 770. The Morgan fingerprint density at radius 2 is 1.91 bits per heavy atom. The molecule has 0 aliphatic heterocycles. The molecule has 7 nitrogen and oxygen atoms in total. The number of hydrogen-bond acceptors (Lipinski definition) is 3. The van der Waals surface area contributed by atoms with Crippen LogP contribution >= 0.6 is 0 Å². The van der Waals surface area contributed by atoms with E-state index < -0.39 is 23.1 Å². The highest BCUT2D eigenvalue weighted by atomic mass is 19.1. The van der Waals surface area contributed by atoms with Gasteiger partial charge in [0.2, 0.25) is 5.82 Å². The molecule has 2 aromatic heterocycles. The molecule has 0 saturated heterocycles. The van der Waals surface area contributed by atoms with Crippen molar-refractivity contribution >= 4 is 6.03 Å². The van der Waals surface area contributed by atoms with Crippen molar-refractivity contribution < 1.29 is 13.8 Å².